The molecule has 0 radical (unpaired) electrons. The number of ketones is 1. The highest BCUT2D eigenvalue weighted by Crippen LogP contribution is 2.58. The van der Waals surface area contributed by atoms with Crippen LogP contribution in [-0.2, 0) is 24.5 Å². The fraction of sp³-hybridized carbons (Fsp3) is 0.321. The van der Waals surface area contributed by atoms with E-state index in [9.17, 15) is 14.4 Å². The van der Waals surface area contributed by atoms with Gasteiger partial charge >= 0.3 is 5.97 Å². The molecule has 0 saturated carbocycles. The molecular weight excluding hydrogens is 602 g/mol. The number of halogens is 2. The van der Waals surface area contributed by atoms with E-state index in [1.54, 1.807) is 30.0 Å². The van der Waals surface area contributed by atoms with Crippen molar-refractivity contribution in [2.24, 2.45) is 11.1 Å². The summed E-state index contributed by atoms with van der Waals surface area (Å²) in [5.74, 6) is -1.33. The Morgan fingerprint density at radius 2 is 1.78 bits per heavy atom. The molecule has 1 unspecified atom stereocenters. The van der Waals surface area contributed by atoms with Gasteiger partial charge in [0.25, 0.3) is 0 Å². The zero-order valence-corrected chi connectivity index (χ0v) is 24.2. The van der Waals surface area contributed by atoms with E-state index in [1.165, 1.54) is 0 Å². The Kier molecular flexibility index (Phi) is 6.15. The minimum absolute atomic E-state index is 0.0437. The van der Waals surface area contributed by atoms with E-state index in [-0.39, 0.29) is 41.2 Å². The van der Waals surface area contributed by atoms with Crippen molar-refractivity contribution in [1.82, 2.24) is 0 Å². The molecule has 2 aromatic rings. The van der Waals surface area contributed by atoms with Crippen LogP contribution < -0.4 is 16.0 Å². The summed E-state index contributed by atoms with van der Waals surface area (Å²) in [6, 6.07) is 11.1. The molecular formula is C28H27Br2N3O4. The number of nitrogens with one attached hydrogen (secondary N) is 1. The van der Waals surface area contributed by atoms with Crippen LogP contribution in [0.1, 0.15) is 44.7 Å². The maximum Gasteiger partial charge on any atom is 0.339 e. The van der Waals surface area contributed by atoms with Crippen LogP contribution in [0, 0.1) is 12.3 Å². The van der Waals surface area contributed by atoms with Crippen molar-refractivity contribution in [2.75, 3.05) is 16.8 Å². The van der Waals surface area contributed by atoms with Crippen LogP contribution in [0.5, 0.6) is 0 Å². The van der Waals surface area contributed by atoms with Crippen molar-refractivity contribution in [2.45, 2.75) is 46.0 Å². The molecule has 1 spiro atoms. The number of hydrogen-bond acceptors (Lipinski definition) is 6. The normalized spacial score (nSPS) is 22.3. The van der Waals surface area contributed by atoms with Crippen molar-refractivity contribution >= 4 is 60.9 Å². The Morgan fingerprint density at radius 3 is 2.46 bits per heavy atom. The lowest BCUT2D eigenvalue weighted by molar-refractivity contribution is -0.140. The molecule has 2 aromatic carbocycles. The number of nitrogens with zero attached hydrogens (tertiary/aromatic N) is 1. The van der Waals surface area contributed by atoms with Gasteiger partial charge in [-0.2, -0.15) is 0 Å². The third kappa shape index (κ3) is 3.77. The molecule has 1 amide bonds. The molecule has 9 heteroatoms. The first-order chi connectivity index (χ1) is 17.4. The quantitative estimate of drug-likeness (QED) is 0.429. The summed E-state index contributed by atoms with van der Waals surface area (Å²) >= 11 is 7.01. The van der Waals surface area contributed by atoms with Crippen LogP contribution in [0.15, 0.2) is 68.0 Å². The summed E-state index contributed by atoms with van der Waals surface area (Å²) in [4.78, 5) is 43.6. The van der Waals surface area contributed by atoms with Crippen LogP contribution in [-0.4, -0.2) is 24.3 Å². The molecule has 0 aromatic heterocycles. The first-order valence-corrected chi connectivity index (χ1v) is 13.6. The number of amides is 1. The predicted molar refractivity (Wildman–Crippen MR) is 149 cm³/mol. The Bertz CT molecular complexity index is 1460. The molecule has 0 fully saturated rings. The number of fused-ring (bicyclic) bond motifs is 3. The van der Waals surface area contributed by atoms with E-state index in [0.29, 0.717) is 27.8 Å². The van der Waals surface area contributed by atoms with Gasteiger partial charge in [0.05, 0.1) is 12.3 Å². The number of nitrogens with two attached hydrogens (primary N) is 1. The summed E-state index contributed by atoms with van der Waals surface area (Å²) in [5.41, 5.74) is 8.30. The molecule has 3 N–H and O–H groups in total. The van der Waals surface area contributed by atoms with Crippen LogP contribution in [0.25, 0.3) is 0 Å². The fourth-order valence-corrected chi connectivity index (χ4v) is 6.69. The van der Waals surface area contributed by atoms with Gasteiger partial charge in [0, 0.05) is 37.9 Å². The topological polar surface area (TPSA) is 102 Å². The Hall–Kier alpha value is -2.91. The number of carbonyl (C=O) groups excluding carboxylic acids is 3. The Balaban J connectivity index is 1.94. The molecule has 1 atom stereocenters. The number of carbonyl (C=O) groups is 3. The lowest BCUT2D eigenvalue weighted by Crippen LogP contribution is -2.54. The van der Waals surface area contributed by atoms with Gasteiger partial charge in [0.1, 0.15) is 16.8 Å². The highest BCUT2D eigenvalue weighted by Gasteiger charge is 2.63. The number of esters is 1. The van der Waals surface area contributed by atoms with Crippen molar-refractivity contribution < 1.29 is 19.1 Å². The van der Waals surface area contributed by atoms with Gasteiger partial charge in [-0.25, -0.2) is 4.79 Å². The minimum atomic E-state index is -1.72. The number of hydrogen-bond donors (Lipinski definition) is 2. The van der Waals surface area contributed by atoms with Gasteiger partial charge in [-0.3, -0.25) is 14.5 Å². The zero-order valence-electron chi connectivity index (χ0n) is 21.0. The smallest absolute Gasteiger partial charge is 0.339 e. The molecule has 0 saturated heterocycles. The van der Waals surface area contributed by atoms with E-state index >= 15 is 0 Å². The molecule has 3 aliphatic rings. The number of rotatable bonds is 3. The molecule has 2 heterocycles. The summed E-state index contributed by atoms with van der Waals surface area (Å²) in [7, 11) is 0. The van der Waals surface area contributed by atoms with Gasteiger partial charge in [-0.1, -0.05) is 45.7 Å². The fourth-order valence-electron chi connectivity index (χ4n) is 5.86. The van der Waals surface area contributed by atoms with Crippen LogP contribution in [0.3, 0.4) is 0 Å². The number of allylic oxidation sites excluding steroid dienone is 1. The summed E-state index contributed by atoms with van der Waals surface area (Å²) in [6.07, 6.45) is 0.714. The van der Waals surface area contributed by atoms with E-state index < -0.39 is 17.3 Å². The predicted octanol–water partition coefficient (Wildman–Crippen LogP) is 5.61. The second-order valence-corrected chi connectivity index (χ2v) is 12.2. The van der Waals surface area contributed by atoms with Crippen LogP contribution >= 0.6 is 31.9 Å². The molecule has 2 aliphatic heterocycles. The number of ether oxygens (including phenoxy) is 1. The molecule has 0 bridgehead atoms. The Morgan fingerprint density at radius 1 is 1.11 bits per heavy atom. The lowest BCUT2D eigenvalue weighted by Gasteiger charge is -2.47. The first-order valence-electron chi connectivity index (χ1n) is 12.0. The second-order valence-electron chi connectivity index (χ2n) is 10.4. The number of anilines is 2. The van der Waals surface area contributed by atoms with Gasteiger partial charge in [0.2, 0.25) is 5.91 Å². The standard InChI is InChI=1S/C28H27Br2N3O4/c1-5-37-25(35)23-24(31)33(19-9-7-15(29)10-14(19)2)20-12-27(3,4)13-21(34)22(20)28(23)17-11-16(30)6-8-18(17)32-26(28)36/h6-11H,5,12-13,31H2,1-4H3,(H,32,36). The zero-order chi connectivity index (χ0) is 26.9. The molecule has 192 valence electrons. The Labute approximate surface area is 232 Å². The van der Waals surface area contributed by atoms with Gasteiger partial charge < -0.3 is 15.8 Å². The number of benzene rings is 2. The maximum absolute atomic E-state index is 14.1. The number of aryl methyl sites for hydroxylation is 1. The summed E-state index contributed by atoms with van der Waals surface area (Å²) < 4.78 is 7.08. The SMILES string of the molecule is CCOC(=O)C1=C(N)N(c2ccc(Br)cc2C)C2=C(C(=O)CC(C)(C)C2)C12C(=O)Nc1ccc(Br)cc12. The van der Waals surface area contributed by atoms with Crippen molar-refractivity contribution in [3.63, 3.8) is 0 Å². The van der Waals surface area contributed by atoms with E-state index in [0.717, 1.165) is 15.7 Å². The highest BCUT2D eigenvalue weighted by molar-refractivity contribution is 9.10. The summed E-state index contributed by atoms with van der Waals surface area (Å²) in [6.45, 7) is 7.76. The van der Waals surface area contributed by atoms with Gasteiger partial charge in [0.15, 0.2) is 5.78 Å². The largest absolute Gasteiger partial charge is 0.462 e. The molecule has 37 heavy (non-hydrogen) atoms. The minimum Gasteiger partial charge on any atom is -0.462 e. The van der Waals surface area contributed by atoms with Gasteiger partial charge in [-0.15, -0.1) is 0 Å². The molecule has 7 nitrogen and oxygen atoms in total. The van der Waals surface area contributed by atoms with Crippen molar-refractivity contribution in [3.8, 4) is 0 Å². The first kappa shape index (κ1) is 25.7. The third-order valence-electron chi connectivity index (χ3n) is 7.22. The molecule has 5 rings (SSSR count). The maximum atomic E-state index is 14.1. The lowest BCUT2D eigenvalue weighted by atomic mass is 9.60. The third-order valence-corrected chi connectivity index (χ3v) is 8.21. The number of Topliss-reactive ketones (excluding diaryl/α,β-unsaturated/α-hetero) is 1. The average molecular weight is 629 g/mol. The van der Waals surface area contributed by atoms with E-state index in [4.69, 9.17) is 10.5 Å². The van der Waals surface area contributed by atoms with Crippen molar-refractivity contribution in [1.29, 1.82) is 0 Å². The van der Waals surface area contributed by atoms with E-state index in [1.807, 2.05) is 39.0 Å². The van der Waals surface area contributed by atoms with Crippen LogP contribution in [0.4, 0.5) is 11.4 Å². The monoisotopic (exact) mass is 627 g/mol. The second kappa shape index (κ2) is 8.84. The molecule has 1 aliphatic carbocycles. The van der Waals surface area contributed by atoms with Crippen LogP contribution in [0.2, 0.25) is 0 Å². The van der Waals surface area contributed by atoms with E-state index in [2.05, 4.69) is 37.2 Å². The highest BCUT2D eigenvalue weighted by atomic mass is 79.9. The summed E-state index contributed by atoms with van der Waals surface area (Å²) in [5, 5.41) is 2.91. The van der Waals surface area contributed by atoms with Gasteiger partial charge in [-0.05, 0) is 67.6 Å². The van der Waals surface area contributed by atoms with Crippen molar-refractivity contribution in [3.05, 3.63) is 79.1 Å². The average Bonchev–Trinajstić information content (AvgIpc) is 3.05.